The van der Waals surface area contributed by atoms with Crippen LogP contribution in [0.3, 0.4) is 0 Å². The van der Waals surface area contributed by atoms with Crippen LogP contribution in [0.15, 0.2) is 24.3 Å². The van der Waals surface area contributed by atoms with Crippen LogP contribution in [0.4, 0.5) is 0 Å². The molecular formula is C16H21NO2S. The lowest BCUT2D eigenvalue weighted by molar-refractivity contribution is 0.0811. The van der Waals surface area contributed by atoms with E-state index in [1.54, 1.807) is 21.0 Å². The van der Waals surface area contributed by atoms with Crippen LogP contribution in [-0.2, 0) is 5.60 Å². The summed E-state index contributed by atoms with van der Waals surface area (Å²) in [5.74, 6) is 1.08. The number of aliphatic hydroxyl groups is 1. The minimum absolute atomic E-state index is 0.274. The molecule has 0 saturated carbocycles. The smallest absolute Gasteiger partial charge is 0.129 e. The molecule has 108 valence electrons. The van der Waals surface area contributed by atoms with Crippen LogP contribution in [0.25, 0.3) is 10.6 Å². The number of aromatic nitrogens is 1. The summed E-state index contributed by atoms with van der Waals surface area (Å²) in [5.41, 5.74) is 1.05. The SMILES string of the molecule is COc1ccccc1-c1nc(C(C)C)c(C(C)(C)O)s1. The predicted molar refractivity (Wildman–Crippen MR) is 83.4 cm³/mol. The van der Waals surface area contributed by atoms with E-state index < -0.39 is 5.60 Å². The van der Waals surface area contributed by atoms with Crippen molar-refractivity contribution < 1.29 is 9.84 Å². The second-order valence-electron chi connectivity index (χ2n) is 5.65. The van der Waals surface area contributed by atoms with Crippen LogP contribution in [-0.4, -0.2) is 17.2 Å². The molecule has 3 nitrogen and oxygen atoms in total. The third-order valence-corrected chi connectivity index (χ3v) is 4.51. The molecule has 0 saturated heterocycles. The maximum Gasteiger partial charge on any atom is 0.129 e. The Morgan fingerprint density at radius 1 is 1.25 bits per heavy atom. The van der Waals surface area contributed by atoms with Crippen molar-refractivity contribution in [3.8, 4) is 16.3 Å². The van der Waals surface area contributed by atoms with Crippen LogP contribution >= 0.6 is 11.3 Å². The minimum Gasteiger partial charge on any atom is -0.496 e. The monoisotopic (exact) mass is 291 g/mol. The van der Waals surface area contributed by atoms with Gasteiger partial charge in [-0.15, -0.1) is 11.3 Å². The number of hydrogen-bond acceptors (Lipinski definition) is 4. The van der Waals surface area contributed by atoms with Crippen molar-refractivity contribution in [3.05, 3.63) is 34.8 Å². The zero-order valence-electron chi connectivity index (χ0n) is 12.6. The Hall–Kier alpha value is -1.39. The average molecular weight is 291 g/mol. The van der Waals surface area contributed by atoms with Gasteiger partial charge >= 0.3 is 0 Å². The van der Waals surface area contributed by atoms with E-state index in [1.807, 2.05) is 24.3 Å². The van der Waals surface area contributed by atoms with Crippen molar-refractivity contribution in [2.75, 3.05) is 7.11 Å². The number of para-hydroxylation sites is 1. The van der Waals surface area contributed by atoms with Gasteiger partial charge in [0.25, 0.3) is 0 Å². The molecule has 2 rings (SSSR count). The highest BCUT2D eigenvalue weighted by molar-refractivity contribution is 7.15. The van der Waals surface area contributed by atoms with Gasteiger partial charge < -0.3 is 9.84 Å². The number of hydrogen-bond donors (Lipinski definition) is 1. The minimum atomic E-state index is -0.877. The van der Waals surface area contributed by atoms with Crippen molar-refractivity contribution >= 4 is 11.3 Å². The molecule has 20 heavy (non-hydrogen) atoms. The summed E-state index contributed by atoms with van der Waals surface area (Å²) in [7, 11) is 1.66. The summed E-state index contributed by atoms with van der Waals surface area (Å²) in [5, 5.41) is 11.2. The van der Waals surface area contributed by atoms with Crippen molar-refractivity contribution in [2.45, 2.75) is 39.2 Å². The second kappa shape index (κ2) is 5.54. The lowest BCUT2D eigenvalue weighted by Crippen LogP contribution is -2.16. The molecule has 2 aromatic rings. The summed E-state index contributed by atoms with van der Waals surface area (Å²) in [6.07, 6.45) is 0. The first-order valence-corrected chi connectivity index (χ1v) is 7.53. The van der Waals surface area contributed by atoms with E-state index in [0.717, 1.165) is 26.9 Å². The highest BCUT2D eigenvalue weighted by Crippen LogP contribution is 2.40. The van der Waals surface area contributed by atoms with Gasteiger partial charge in [0.1, 0.15) is 10.8 Å². The number of thiazole rings is 1. The van der Waals surface area contributed by atoms with Gasteiger partial charge in [-0.25, -0.2) is 4.98 Å². The summed E-state index contributed by atoms with van der Waals surface area (Å²) in [4.78, 5) is 5.66. The first kappa shape index (κ1) is 15.0. The summed E-state index contributed by atoms with van der Waals surface area (Å²) < 4.78 is 5.40. The molecule has 0 atom stereocenters. The van der Waals surface area contributed by atoms with Crippen molar-refractivity contribution in [2.24, 2.45) is 0 Å². The number of ether oxygens (including phenoxy) is 1. The topological polar surface area (TPSA) is 42.4 Å². The quantitative estimate of drug-likeness (QED) is 0.919. The number of methoxy groups -OCH3 is 1. The van der Waals surface area contributed by atoms with Crippen LogP contribution in [0.5, 0.6) is 5.75 Å². The van der Waals surface area contributed by atoms with Gasteiger partial charge in [0, 0.05) is 0 Å². The molecule has 4 heteroatoms. The van der Waals surface area contributed by atoms with Gasteiger partial charge in [0.2, 0.25) is 0 Å². The normalized spacial score (nSPS) is 11.9. The molecule has 1 aromatic heterocycles. The van der Waals surface area contributed by atoms with Crippen LogP contribution < -0.4 is 4.74 Å². The first-order chi connectivity index (χ1) is 9.34. The number of benzene rings is 1. The second-order valence-corrected chi connectivity index (χ2v) is 6.65. The molecule has 0 fully saturated rings. The molecule has 0 unspecified atom stereocenters. The molecule has 0 bridgehead atoms. The molecule has 1 aromatic carbocycles. The predicted octanol–water partition coefficient (Wildman–Crippen LogP) is 4.17. The maximum absolute atomic E-state index is 10.3. The lowest BCUT2D eigenvalue weighted by atomic mass is 10.0. The van der Waals surface area contributed by atoms with E-state index in [1.165, 1.54) is 11.3 Å². The van der Waals surface area contributed by atoms with Crippen molar-refractivity contribution in [3.63, 3.8) is 0 Å². The molecular weight excluding hydrogens is 270 g/mol. The highest BCUT2D eigenvalue weighted by Gasteiger charge is 2.27. The number of rotatable bonds is 4. The van der Waals surface area contributed by atoms with Gasteiger partial charge in [-0.3, -0.25) is 0 Å². The van der Waals surface area contributed by atoms with E-state index in [2.05, 4.69) is 13.8 Å². The molecule has 0 aliphatic carbocycles. The highest BCUT2D eigenvalue weighted by atomic mass is 32.1. The standard InChI is InChI=1S/C16H21NO2S/c1-10(2)13-14(16(3,4)18)20-15(17-13)11-8-6-7-9-12(11)19-5/h6-10,18H,1-5H3. The van der Waals surface area contributed by atoms with Crippen LogP contribution in [0.1, 0.15) is 44.2 Å². The third kappa shape index (κ3) is 2.86. The van der Waals surface area contributed by atoms with E-state index in [0.29, 0.717) is 0 Å². The zero-order valence-corrected chi connectivity index (χ0v) is 13.4. The maximum atomic E-state index is 10.3. The van der Waals surface area contributed by atoms with Gasteiger partial charge in [0.05, 0.1) is 28.8 Å². The fourth-order valence-corrected chi connectivity index (χ4v) is 3.35. The Balaban J connectivity index is 2.59. The fraction of sp³-hybridized carbons (Fsp3) is 0.438. The Bertz CT molecular complexity index is 597. The summed E-state index contributed by atoms with van der Waals surface area (Å²) in [6.45, 7) is 7.80. The summed E-state index contributed by atoms with van der Waals surface area (Å²) >= 11 is 1.54. The molecule has 0 aliphatic rings. The molecule has 0 spiro atoms. The van der Waals surface area contributed by atoms with Crippen molar-refractivity contribution in [1.29, 1.82) is 0 Å². The number of nitrogens with zero attached hydrogens (tertiary/aromatic N) is 1. The van der Waals surface area contributed by atoms with Crippen LogP contribution in [0.2, 0.25) is 0 Å². The Labute approximate surface area is 124 Å². The average Bonchev–Trinajstić information content (AvgIpc) is 2.83. The van der Waals surface area contributed by atoms with Gasteiger partial charge in [-0.05, 0) is 31.9 Å². The zero-order chi connectivity index (χ0) is 14.9. The largest absolute Gasteiger partial charge is 0.496 e. The van der Waals surface area contributed by atoms with E-state index in [4.69, 9.17) is 9.72 Å². The van der Waals surface area contributed by atoms with Gasteiger partial charge in [0.15, 0.2) is 0 Å². The molecule has 1 N–H and O–H groups in total. The molecule has 0 radical (unpaired) electrons. The lowest BCUT2D eigenvalue weighted by Gasteiger charge is -2.17. The Morgan fingerprint density at radius 2 is 1.90 bits per heavy atom. The van der Waals surface area contributed by atoms with E-state index in [-0.39, 0.29) is 5.92 Å². The van der Waals surface area contributed by atoms with Crippen LogP contribution in [0, 0.1) is 0 Å². The van der Waals surface area contributed by atoms with E-state index >= 15 is 0 Å². The van der Waals surface area contributed by atoms with E-state index in [9.17, 15) is 5.11 Å². The Morgan fingerprint density at radius 3 is 2.40 bits per heavy atom. The molecule has 0 amide bonds. The summed E-state index contributed by atoms with van der Waals surface area (Å²) in [6, 6.07) is 7.83. The molecule has 0 aliphatic heterocycles. The Kier molecular flexibility index (Phi) is 4.16. The molecule has 1 heterocycles. The first-order valence-electron chi connectivity index (χ1n) is 6.71. The van der Waals surface area contributed by atoms with Gasteiger partial charge in [-0.1, -0.05) is 26.0 Å². The van der Waals surface area contributed by atoms with Gasteiger partial charge in [-0.2, -0.15) is 0 Å². The van der Waals surface area contributed by atoms with Crippen molar-refractivity contribution in [1.82, 2.24) is 4.98 Å². The fourth-order valence-electron chi connectivity index (χ4n) is 2.10. The third-order valence-electron chi connectivity index (χ3n) is 3.09.